The second-order valence-electron chi connectivity index (χ2n) is 4.80. The number of carbonyl (C=O) groups excluding carboxylic acids is 1. The first-order chi connectivity index (χ1) is 9.01. The van der Waals surface area contributed by atoms with Crippen LogP contribution in [0.15, 0.2) is 23.0 Å². The number of aryl methyl sites for hydroxylation is 2. The summed E-state index contributed by atoms with van der Waals surface area (Å²) in [6.07, 6.45) is 0.420. The maximum absolute atomic E-state index is 12.0. The standard InChI is InChI=1S/C15H18N2O2/c1-4-13(18)16-8-12-7-11-6-9(2)5-10(3)14(11)17-15(12)19/h5-7H,4,8H2,1-3H3,(H,16,18)(H,17,19). The minimum absolute atomic E-state index is 0.0556. The fourth-order valence-corrected chi connectivity index (χ4v) is 2.18. The molecule has 2 rings (SSSR count). The number of aromatic amines is 1. The van der Waals surface area contributed by atoms with E-state index >= 15 is 0 Å². The van der Waals surface area contributed by atoms with Crippen LogP contribution in [0.2, 0.25) is 0 Å². The van der Waals surface area contributed by atoms with Gasteiger partial charge >= 0.3 is 0 Å². The quantitative estimate of drug-likeness (QED) is 0.886. The molecule has 4 heteroatoms. The molecule has 2 N–H and O–H groups in total. The second-order valence-corrected chi connectivity index (χ2v) is 4.80. The molecule has 0 saturated carbocycles. The largest absolute Gasteiger partial charge is 0.352 e. The van der Waals surface area contributed by atoms with E-state index in [9.17, 15) is 9.59 Å². The van der Waals surface area contributed by atoms with E-state index in [1.54, 1.807) is 6.92 Å². The van der Waals surface area contributed by atoms with Crippen LogP contribution in [0.25, 0.3) is 10.9 Å². The molecule has 0 aliphatic carbocycles. The van der Waals surface area contributed by atoms with Crippen LogP contribution in [-0.4, -0.2) is 10.9 Å². The fourth-order valence-electron chi connectivity index (χ4n) is 2.18. The number of pyridine rings is 1. The maximum Gasteiger partial charge on any atom is 0.253 e. The van der Waals surface area contributed by atoms with Crippen LogP contribution >= 0.6 is 0 Å². The van der Waals surface area contributed by atoms with Gasteiger partial charge in [0.25, 0.3) is 5.56 Å². The van der Waals surface area contributed by atoms with Crippen molar-refractivity contribution in [2.24, 2.45) is 0 Å². The number of carbonyl (C=O) groups is 1. The van der Waals surface area contributed by atoms with Gasteiger partial charge in [-0.25, -0.2) is 0 Å². The summed E-state index contributed by atoms with van der Waals surface area (Å²) >= 11 is 0. The predicted octanol–water partition coefficient (Wildman–Crippen LogP) is 2.17. The Hall–Kier alpha value is -2.10. The van der Waals surface area contributed by atoms with E-state index in [4.69, 9.17) is 0 Å². The van der Waals surface area contributed by atoms with Crippen molar-refractivity contribution >= 4 is 16.8 Å². The van der Waals surface area contributed by atoms with E-state index in [-0.39, 0.29) is 18.0 Å². The number of hydrogen-bond donors (Lipinski definition) is 2. The van der Waals surface area contributed by atoms with Crippen molar-refractivity contribution in [3.05, 3.63) is 45.2 Å². The third-order valence-electron chi connectivity index (χ3n) is 3.17. The summed E-state index contributed by atoms with van der Waals surface area (Å²) in [7, 11) is 0. The van der Waals surface area contributed by atoms with Crippen molar-refractivity contribution < 1.29 is 4.79 Å². The maximum atomic E-state index is 12.0. The van der Waals surface area contributed by atoms with Gasteiger partial charge in [-0.15, -0.1) is 0 Å². The summed E-state index contributed by atoms with van der Waals surface area (Å²) in [6.45, 7) is 6.05. The molecule has 0 atom stereocenters. The molecule has 1 aromatic heterocycles. The van der Waals surface area contributed by atoms with Gasteiger partial charge in [-0.2, -0.15) is 0 Å². The van der Waals surface area contributed by atoms with E-state index in [2.05, 4.69) is 10.3 Å². The molecule has 0 aliphatic heterocycles. The topological polar surface area (TPSA) is 62.0 Å². The van der Waals surface area contributed by atoms with Crippen molar-refractivity contribution in [3.63, 3.8) is 0 Å². The Morgan fingerprint density at radius 2 is 2.00 bits per heavy atom. The zero-order chi connectivity index (χ0) is 14.0. The number of H-pyrrole nitrogens is 1. The van der Waals surface area contributed by atoms with Crippen LogP contribution in [0.1, 0.15) is 30.0 Å². The van der Waals surface area contributed by atoms with Crippen LogP contribution < -0.4 is 10.9 Å². The Kier molecular flexibility index (Phi) is 3.69. The molecule has 0 aliphatic rings. The number of amides is 1. The average Bonchev–Trinajstić information content (AvgIpc) is 2.37. The smallest absolute Gasteiger partial charge is 0.253 e. The number of benzene rings is 1. The van der Waals surface area contributed by atoms with Gasteiger partial charge in [-0.05, 0) is 36.9 Å². The van der Waals surface area contributed by atoms with Crippen molar-refractivity contribution in [1.29, 1.82) is 0 Å². The van der Waals surface area contributed by atoms with E-state index in [1.165, 1.54) is 0 Å². The van der Waals surface area contributed by atoms with Gasteiger partial charge in [0.15, 0.2) is 0 Å². The zero-order valence-corrected chi connectivity index (χ0v) is 11.5. The number of nitrogens with one attached hydrogen (secondary N) is 2. The van der Waals surface area contributed by atoms with Crippen LogP contribution in [-0.2, 0) is 11.3 Å². The Bertz CT molecular complexity index is 686. The summed E-state index contributed by atoms with van der Waals surface area (Å²) in [5.41, 5.74) is 3.51. The van der Waals surface area contributed by atoms with E-state index in [1.807, 2.05) is 32.0 Å². The molecule has 1 amide bonds. The van der Waals surface area contributed by atoms with Gasteiger partial charge in [0.1, 0.15) is 0 Å². The highest BCUT2D eigenvalue weighted by atomic mass is 16.1. The summed E-state index contributed by atoms with van der Waals surface area (Å²) in [5, 5.41) is 3.72. The highest BCUT2D eigenvalue weighted by Gasteiger charge is 2.06. The average molecular weight is 258 g/mol. The molecule has 0 fully saturated rings. The van der Waals surface area contributed by atoms with Crippen molar-refractivity contribution in [3.8, 4) is 0 Å². The molecule has 4 nitrogen and oxygen atoms in total. The molecule has 0 radical (unpaired) electrons. The third-order valence-corrected chi connectivity index (χ3v) is 3.17. The lowest BCUT2D eigenvalue weighted by Crippen LogP contribution is -2.26. The molecule has 0 saturated heterocycles. The van der Waals surface area contributed by atoms with Crippen molar-refractivity contribution in [1.82, 2.24) is 10.3 Å². The third kappa shape index (κ3) is 2.84. The fraction of sp³-hybridized carbons (Fsp3) is 0.333. The minimum atomic E-state index is -0.143. The van der Waals surface area contributed by atoms with Crippen LogP contribution in [0.5, 0.6) is 0 Å². The van der Waals surface area contributed by atoms with Gasteiger partial charge in [0.2, 0.25) is 5.91 Å². The molecule has 0 bridgehead atoms. The van der Waals surface area contributed by atoms with Crippen LogP contribution in [0.4, 0.5) is 0 Å². The molecule has 0 unspecified atom stereocenters. The van der Waals surface area contributed by atoms with E-state index < -0.39 is 0 Å². The molecule has 100 valence electrons. The number of aromatic nitrogens is 1. The molecule has 1 aromatic carbocycles. The van der Waals surface area contributed by atoms with Gasteiger partial charge in [-0.3, -0.25) is 9.59 Å². The van der Waals surface area contributed by atoms with Gasteiger partial charge in [0, 0.05) is 18.5 Å². The Labute approximate surface area is 111 Å². The van der Waals surface area contributed by atoms with E-state index in [0.29, 0.717) is 12.0 Å². The van der Waals surface area contributed by atoms with Crippen LogP contribution in [0.3, 0.4) is 0 Å². The van der Waals surface area contributed by atoms with Crippen molar-refractivity contribution in [2.75, 3.05) is 0 Å². The lowest BCUT2D eigenvalue weighted by atomic mass is 10.1. The molecule has 0 spiro atoms. The Morgan fingerprint density at radius 1 is 1.26 bits per heavy atom. The predicted molar refractivity (Wildman–Crippen MR) is 76.2 cm³/mol. The second kappa shape index (κ2) is 5.26. The van der Waals surface area contributed by atoms with Gasteiger partial charge in [-0.1, -0.05) is 18.6 Å². The number of hydrogen-bond acceptors (Lipinski definition) is 2. The molecule has 1 heterocycles. The normalized spacial score (nSPS) is 10.7. The first-order valence-corrected chi connectivity index (χ1v) is 6.41. The number of rotatable bonds is 3. The highest BCUT2D eigenvalue weighted by Crippen LogP contribution is 2.17. The van der Waals surface area contributed by atoms with Gasteiger partial charge in [0.05, 0.1) is 5.52 Å². The zero-order valence-electron chi connectivity index (χ0n) is 11.5. The highest BCUT2D eigenvalue weighted by molar-refractivity contribution is 5.83. The summed E-state index contributed by atoms with van der Waals surface area (Å²) in [4.78, 5) is 26.1. The first-order valence-electron chi connectivity index (χ1n) is 6.41. The lowest BCUT2D eigenvalue weighted by Gasteiger charge is -2.07. The summed E-state index contributed by atoms with van der Waals surface area (Å²) in [6, 6.07) is 5.92. The molecular formula is C15H18N2O2. The Balaban J connectivity index is 2.43. The monoisotopic (exact) mass is 258 g/mol. The van der Waals surface area contributed by atoms with Crippen molar-refractivity contribution in [2.45, 2.75) is 33.7 Å². The van der Waals surface area contributed by atoms with Crippen LogP contribution in [0, 0.1) is 13.8 Å². The molecule has 19 heavy (non-hydrogen) atoms. The number of fused-ring (bicyclic) bond motifs is 1. The van der Waals surface area contributed by atoms with E-state index in [0.717, 1.165) is 22.0 Å². The van der Waals surface area contributed by atoms with Gasteiger partial charge < -0.3 is 10.3 Å². The minimum Gasteiger partial charge on any atom is -0.352 e. The first kappa shape index (κ1) is 13.3. The SMILES string of the molecule is CCC(=O)NCc1cc2cc(C)cc(C)c2[nH]c1=O. The summed E-state index contributed by atoms with van der Waals surface area (Å²) < 4.78 is 0. The Morgan fingerprint density at radius 3 is 2.68 bits per heavy atom. The summed E-state index contributed by atoms with van der Waals surface area (Å²) in [5.74, 6) is -0.0556. The molecular weight excluding hydrogens is 240 g/mol. The lowest BCUT2D eigenvalue weighted by molar-refractivity contribution is -0.120. The molecule has 2 aromatic rings.